The summed E-state index contributed by atoms with van der Waals surface area (Å²) in [6.45, 7) is 0.603. The highest BCUT2D eigenvalue weighted by Gasteiger charge is 2.13. The van der Waals surface area contributed by atoms with Gasteiger partial charge >= 0.3 is 0 Å². The Morgan fingerprint density at radius 2 is 2.32 bits per heavy atom. The zero-order valence-corrected chi connectivity index (χ0v) is 10.4. The van der Waals surface area contributed by atoms with Crippen molar-refractivity contribution < 1.29 is 18.3 Å². The minimum absolute atomic E-state index is 0.0859. The van der Waals surface area contributed by atoms with Gasteiger partial charge in [-0.1, -0.05) is 0 Å². The summed E-state index contributed by atoms with van der Waals surface area (Å²) in [7, 11) is 0. The highest BCUT2D eigenvalue weighted by molar-refractivity contribution is 5.95. The molecule has 0 radical (unpaired) electrons. The zero-order valence-electron chi connectivity index (χ0n) is 10.4. The summed E-state index contributed by atoms with van der Waals surface area (Å²) < 4.78 is 28.3. The Morgan fingerprint density at radius 1 is 1.47 bits per heavy atom. The number of hydrogen-bond donors (Lipinski definition) is 2. The summed E-state index contributed by atoms with van der Waals surface area (Å²) in [5, 5.41) is 5.85. The van der Waals surface area contributed by atoms with Crippen LogP contribution in [-0.4, -0.2) is 38.6 Å². The van der Waals surface area contributed by atoms with Gasteiger partial charge in [0.05, 0.1) is 6.61 Å². The Labute approximate surface area is 110 Å². The van der Waals surface area contributed by atoms with Crippen molar-refractivity contribution in [2.45, 2.75) is 12.8 Å². The van der Waals surface area contributed by atoms with Crippen LogP contribution < -0.4 is 10.6 Å². The van der Waals surface area contributed by atoms with E-state index in [0.29, 0.717) is 5.56 Å². The molecule has 0 fully saturated rings. The Hall–Kier alpha value is -1.69. The monoisotopic (exact) mass is 270 g/mol. The van der Waals surface area contributed by atoms with E-state index >= 15 is 0 Å². The van der Waals surface area contributed by atoms with Crippen LogP contribution in [0.15, 0.2) is 18.2 Å². The van der Waals surface area contributed by atoms with Gasteiger partial charge in [-0.3, -0.25) is 4.79 Å². The molecule has 1 amide bonds. The molecule has 1 heterocycles. The first-order valence-corrected chi connectivity index (χ1v) is 6.17. The first-order chi connectivity index (χ1) is 9.16. The minimum atomic E-state index is -2.47. The predicted octanol–water partition coefficient (Wildman–Crippen LogP) is 1.67. The molecule has 104 valence electrons. The summed E-state index contributed by atoms with van der Waals surface area (Å²) in [5.41, 5.74) is 2.77. The third-order valence-corrected chi connectivity index (χ3v) is 2.85. The zero-order chi connectivity index (χ0) is 13.7. The van der Waals surface area contributed by atoms with Crippen LogP contribution in [0, 0.1) is 0 Å². The van der Waals surface area contributed by atoms with Crippen molar-refractivity contribution in [2.24, 2.45) is 0 Å². The molecule has 1 aliphatic heterocycles. The molecule has 2 N–H and O–H groups in total. The summed E-state index contributed by atoms with van der Waals surface area (Å²) in [6, 6.07) is 5.47. The maximum atomic E-state index is 11.8. The number of alkyl halides is 2. The molecular weight excluding hydrogens is 254 g/mol. The molecular formula is C13H16F2N2O2. The second-order valence-corrected chi connectivity index (χ2v) is 4.27. The minimum Gasteiger partial charge on any atom is -0.384 e. The van der Waals surface area contributed by atoms with Crippen molar-refractivity contribution in [3.05, 3.63) is 29.3 Å². The molecule has 0 saturated heterocycles. The van der Waals surface area contributed by atoms with Gasteiger partial charge in [0.1, 0.15) is 6.61 Å². The molecule has 1 aromatic rings. The summed E-state index contributed by atoms with van der Waals surface area (Å²) in [6.07, 6.45) is -1.56. The number of carbonyl (C=O) groups is 1. The maximum absolute atomic E-state index is 11.8. The Balaban J connectivity index is 1.77. The van der Waals surface area contributed by atoms with Gasteiger partial charge in [-0.15, -0.1) is 0 Å². The molecule has 19 heavy (non-hydrogen) atoms. The van der Waals surface area contributed by atoms with E-state index in [1.165, 1.54) is 0 Å². The molecule has 0 aromatic heterocycles. The van der Waals surface area contributed by atoms with Crippen molar-refractivity contribution in [1.82, 2.24) is 5.32 Å². The van der Waals surface area contributed by atoms with E-state index in [2.05, 4.69) is 15.4 Å². The quantitative estimate of drug-likeness (QED) is 0.773. The van der Waals surface area contributed by atoms with Gasteiger partial charge in [0, 0.05) is 24.3 Å². The molecule has 0 unspecified atom stereocenters. The van der Waals surface area contributed by atoms with Gasteiger partial charge in [-0.2, -0.15) is 0 Å². The number of benzene rings is 1. The third kappa shape index (κ3) is 3.89. The van der Waals surface area contributed by atoms with Crippen LogP contribution in [-0.2, 0) is 11.2 Å². The Morgan fingerprint density at radius 3 is 3.11 bits per heavy atom. The van der Waals surface area contributed by atoms with Crippen LogP contribution in [0.25, 0.3) is 0 Å². The average Bonchev–Trinajstić information content (AvgIpc) is 2.84. The third-order valence-electron chi connectivity index (χ3n) is 2.85. The Bertz CT molecular complexity index is 452. The number of ether oxygens (including phenoxy) is 1. The lowest BCUT2D eigenvalue weighted by molar-refractivity contribution is 0.0188. The van der Waals surface area contributed by atoms with Crippen molar-refractivity contribution in [2.75, 3.05) is 31.6 Å². The van der Waals surface area contributed by atoms with Gasteiger partial charge in [-0.25, -0.2) is 8.78 Å². The summed E-state index contributed by atoms with van der Waals surface area (Å²) in [4.78, 5) is 11.8. The molecule has 2 rings (SSSR count). The predicted molar refractivity (Wildman–Crippen MR) is 67.8 cm³/mol. The smallest absolute Gasteiger partial charge is 0.261 e. The highest BCUT2D eigenvalue weighted by Crippen LogP contribution is 2.22. The van der Waals surface area contributed by atoms with E-state index in [4.69, 9.17) is 0 Å². The Kier molecular flexibility index (Phi) is 4.68. The molecule has 0 spiro atoms. The molecule has 4 nitrogen and oxygen atoms in total. The van der Waals surface area contributed by atoms with Crippen LogP contribution in [0.3, 0.4) is 0 Å². The van der Waals surface area contributed by atoms with Crippen LogP contribution >= 0.6 is 0 Å². The lowest BCUT2D eigenvalue weighted by Crippen LogP contribution is -2.27. The fourth-order valence-electron chi connectivity index (χ4n) is 1.96. The van der Waals surface area contributed by atoms with Crippen molar-refractivity contribution in [3.63, 3.8) is 0 Å². The number of fused-ring (bicyclic) bond motifs is 1. The molecule has 0 atom stereocenters. The molecule has 1 aliphatic rings. The van der Waals surface area contributed by atoms with E-state index in [0.717, 1.165) is 24.2 Å². The number of hydrogen-bond acceptors (Lipinski definition) is 3. The molecule has 6 heteroatoms. The fraction of sp³-hybridized carbons (Fsp3) is 0.462. The molecule has 1 aromatic carbocycles. The fourth-order valence-corrected chi connectivity index (χ4v) is 1.96. The highest BCUT2D eigenvalue weighted by atomic mass is 19.3. The van der Waals surface area contributed by atoms with Crippen molar-refractivity contribution >= 4 is 11.6 Å². The average molecular weight is 270 g/mol. The lowest BCUT2D eigenvalue weighted by Gasteiger charge is -2.07. The number of amides is 1. The topological polar surface area (TPSA) is 50.4 Å². The van der Waals surface area contributed by atoms with Gasteiger partial charge in [0.2, 0.25) is 0 Å². The second-order valence-electron chi connectivity index (χ2n) is 4.27. The number of rotatable bonds is 6. The van der Waals surface area contributed by atoms with Crippen LogP contribution in [0.4, 0.5) is 14.5 Å². The van der Waals surface area contributed by atoms with Gasteiger partial charge in [0.25, 0.3) is 12.3 Å². The van der Waals surface area contributed by atoms with E-state index in [1.54, 1.807) is 6.07 Å². The van der Waals surface area contributed by atoms with Crippen LogP contribution in [0.1, 0.15) is 15.9 Å². The molecule has 0 aliphatic carbocycles. The maximum Gasteiger partial charge on any atom is 0.261 e. The molecule has 0 saturated carbocycles. The van der Waals surface area contributed by atoms with Crippen molar-refractivity contribution in [1.29, 1.82) is 0 Å². The number of nitrogens with one attached hydrogen (secondary N) is 2. The van der Waals surface area contributed by atoms with Gasteiger partial charge in [-0.05, 0) is 30.2 Å². The van der Waals surface area contributed by atoms with E-state index in [-0.39, 0.29) is 19.1 Å². The second kappa shape index (κ2) is 6.47. The van der Waals surface area contributed by atoms with Gasteiger partial charge in [0.15, 0.2) is 0 Å². The van der Waals surface area contributed by atoms with E-state index in [9.17, 15) is 13.6 Å². The standard InChI is InChI=1S/C13H16F2N2O2/c14-12(15)8-19-6-5-17-13(18)10-1-2-11-9(7-10)3-4-16-11/h1-2,7,12,16H,3-6,8H2,(H,17,18). The first-order valence-electron chi connectivity index (χ1n) is 6.17. The molecule has 0 bridgehead atoms. The normalized spacial score (nSPS) is 13.2. The first kappa shape index (κ1) is 13.7. The van der Waals surface area contributed by atoms with Gasteiger partial charge < -0.3 is 15.4 Å². The van der Waals surface area contributed by atoms with E-state index in [1.807, 2.05) is 12.1 Å². The number of halogens is 2. The SMILES string of the molecule is O=C(NCCOCC(F)F)c1ccc2c(c1)CCN2. The van der Waals surface area contributed by atoms with Crippen LogP contribution in [0.2, 0.25) is 0 Å². The number of carbonyl (C=O) groups excluding carboxylic acids is 1. The number of anilines is 1. The largest absolute Gasteiger partial charge is 0.384 e. The van der Waals surface area contributed by atoms with E-state index < -0.39 is 13.0 Å². The summed E-state index contributed by atoms with van der Waals surface area (Å²) in [5.74, 6) is -0.213. The van der Waals surface area contributed by atoms with Crippen molar-refractivity contribution in [3.8, 4) is 0 Å². The summed E-state index contributed by atoms with van der Waals surface area (Å²) >= 11 is 0. The van der Waals surface area contributed by atoms with Crippen LogP contribution in [0.5, 0.6) is 0 Å². The lowest BCUT2D eigenvalue weighted by atomic mass is 10.1.